The van der Waals surface area contributed by atoms with E-state index >= 15 is 0 Å². The Morgan fingerprint density at radius 1 is 2.00 bits per heavy atom. The van der Waals surface area contributed by atoms with Gasteiger partial charge in [0, 0.05) is 0 Å². The van der Waals surface area contributed by atoms with Gasteiger partial charge in [-0.15, -0.1) is 6.42 Å². The average molecular weight is 197 g/mol. The van der Waals surface area contributed by atoms with E-state index < -0.39 is 0 Å². The molecule has 0 fully saturated rings. The van der Waals surface area contributed by atoms with Crippen molar-refractivity contribution in [2.45, 2.75) is 3.26 Å². The van der Waals surface area contributed by atoms with Gasteiger partial charge in [0.15, 0.2) is 0 Å². The highest BCUT2D eigenvalue weighted by molar-refractivity contribution is 14.1. The van der Waals surface area contributed by atoms with Crippen molar-refractivity contribution in [3.63, 3.8) is 0 Å². The molecule has 0 spiro atoms. The number of hydrogen-bond acceptors (Lipinski definition) is 0. The summed E-state index contributed by atoms with van der Waals surface area (Å²) in [5.74, 6) is 2.33. The van der Waals surface area contributed by atoms with Gasteiger partial charge in [-0.25, -0.2) is 0 Å². The van der Waals surface area contributed by atoms with Gasteiger partial charge in [-0.1, -0.05) is 41.1 Å². The largest absolute Gasteiger partial charge is 0.127 e. The Balaban J connectivity index is 2.94. The predicted molar refractivity (Wildman–Crippen MR) is 34.2 cm³/mol. The summed E-state index contributed by atoms with van der Waals surface area (Å²) in [5, 5.41) is 0. The van der Waals surface area contributed by atoms with Gasteiger partial charge in [-0.3, -0.25) is 0 Å². The molecule has 0 heterocycles. The van der Waals surface area contributed by atoms with Crippen LogP contribution in [0.15, 0.2) is 0 Å². The van der Waals surface area contributed by atoms with E-state index in [1.807, 2.05) is 22.6 Å². The third-order valence-electron chi connectivity index (χ3n) is 0.131. The first kappa shape index (κ1) is 5.64. The van der Waals surface area contributed by atoms with Gasteiger partial charge in [-0.05, 0) is 0 Å². The van der Waals surface area contributed by atoms with Crippen LogP contribution >= 0.6 is 35.2 Å². The fourth-order valence-electron chi connectivity index (χ4n) is 0. The highest BCUT2D eigenvalue weighted by atomic mass is 127. The number of halogens is 1. The average Bonchev–Trinajstić information content (AvgIpc) is 1.38. The molecule has 2 heteroatoms. The molecule has 0 aromatic heterocycles. The van der Waals surface area contributed by atoms with Gasteiger partial charge in [-0.2, -0.15) is 0 Å². The molecule has 27 valence electrons. The second-order valence-corrected chi connectivity index (χ2v) is 3.04. The van der Waals surface area contributed by atoms with E-state index in [1.54, 1.807) is 0 Å². The number of terminal acetylenes is 1. The number of alkyl halides is 1. The molecule has 0 aliphatic carbocycles. The van der Waals surface area contributed by atoms with Gasteiger partial charge < -0.3 is 0 Å². The van der Waals surface area contributed by atoms with Crippen LogP contribution in [-0.2, 0) is 0 Å². The normalized spacial score (nSPS) is 13.0. The van der Waals surface area contributed by atoms with Crippen molar-refractivity contribution in [1.82, 2.24) is 0 Å². The molecule has 0 aromatic carbocycles. The first-order chi connectivity index (χ1) is 2.27. The highest BCUT2D eigenvalue weighted by Gasteiger charge is 1.80. The van der Waals surface area contributed by atoms with E-state index in [0.29, 0.717) is 0 Å². The molecule has 1 radical (unpaired) electrons. The summed E-state index contributed by atoms with van der Waals surface area (Å²) in [4.78, 5) is 0. The number of rotatable bonds is 0. The van der Waals surface area contributed by atoms with Crippen molar-refractivity contribution in [1.29, 1.82) is 0 Å². The van der Waals surface area contributed by atoms with Crippen molar-refractivity contribution in [3.05, 3.63) is 0 Å². The molecule has 0 bridgehead atoms. The van der Waals surface area contributed by atoms with E-state index in [4.69, 9.17) is 6.42 Å². The number of hydrogen-bond donors (Lipinski definition) is 0. The predicted octanol–water partition coefficient (Wildman–Crippen LogP) is 1.58. The Bertz CT molecular complexity index is 52.4. The molecule has 0 N–H and O–H groups in total. The van der Waals surface area contributed by atoms with E-state index in [0.717, 1.165) is 0 Å². The van der Waals surface area contributed by atoms with E-state index in [1.165, 1.54) is 0 Å². The van der Waals surface area contributed by atoms with Gasteiger partial charge in [0.05, 0.1) is 0 Å². The minimum Gasteiger partial charge on any atom is -0.118 e. The quantitative estimate of drug-likeness (QED) is 0.314. The summed E-state index contributed by atoms with van der Waals surface area (Å²) in [6.07, 6.45) is 4.81. The lowest BCUT2D eigenvalue weighted by atomic mass is 10.8. The van der Waals surface area contributed by atoms with Gasteiger partial charge in [0.2, 0.25) is 0 Å². The van der Waals surface area contributed by atoms with Gasteiger partial charge in [0.1, 0.15) is 3.26 Å². The molecule has 0 aromatic rings. The molecule has 0 aliphatic rings. The Hall–Kier alpha value is 0.640. The van der Waals surface area contributed by atoms with Crippen LogP contribution in [0, 0.1) is 12.3 Å². The monoisotopic (exact) mass is 197 g/mol. The summed E-state index contributed by atoms with van der Waals surface area (Å²) in [7, 11) is 0. The lowest BCUT2D eigenvalue weighted by Gasteiger charge is -1.74. The zero-order valence-electron chi connectivity index (χ0n) is 2.44. The first-order valence-corrected chi connectivity index (χ1v) is 2.75. The zero-order chi connectivity index (χ0) is 4.28. The lowest BCUT2D eigenvalue weighted by Crippen LogP contribution is -1.69. The molecule has 0 aliphatic heterocycles. The van der Waals surface area contributed by atoms with Crippen LogP contribution in [0.25, 0.3) is 0 Å². The molecule has 0 amide bonds. The van der Waals surface area contributed by atoms with Crippen LogP contribution < -0.4 is 0 Å². The van der Waals surface area contributed by atoms with Crippen LogP contribution in [-0.4, -0.2) is 3.26 Å². The summed E-state index contributed by atoms with van der Waals surface area (Å²) < 4.78 is -0.0346. The van der Waals surface area contributed by atoms with Crippen molar-refractivity contribution >= 4 is 35.2 Å². The topological polar surface area (TPSA) is 0 Å². The molecule has 0 saturated heterocycles. The van der Waals surface area contributed by atoms with Crippen LogP contribution in [0.5, 0.6) is 0 Å². The fraction of sp³-hybridized carbons (Fsp3) is 0.333. The molecular formula is C3H2IS. The molecule has 0 nitrogen and oxygen atoms in total. The maximum absolute atomic E-state index is 4.81. The first-order valence-electron chi connectivity index (χ1n) is 1.03. The smallest absolute Gasteiger partial charge is 0.118 e. The maximum atomic E-state index is 4.81. The fourth-order valence-corrected chi connectivity index (χ4v) is 0. The Morgan fingerprint density at radius 2 is 2.20 bits per heavy atom. The minimum atomic E-state index is -0.0346. The van der Waals surface area contributed by atoms with Gasteiger partial charge >= 0.3 is 0 Å². The Labute approximate surface area is 50.9 Å². The molecule has 5 heavy (non-hydrogen) atoms. The summed E-state index contributed by atoms with van der Waals surface area (Å²) in [5.41, 5.74) is 0. The summed E-state index contributed by atoms with van der Waals surface area (Å²) in [6.45, 7) is 0. The van der Waals surface area contributed by atoms with E-state index in [2.05, 4.69) is 18.5 Å². The van der Waals surface area contributed by atoms with Crippen molar-refractivity contribution in [2.75, 3.05) is 0 Å². The molecule has 1 atom stereocenters. The third-order valence-corrected chi connectivity index (χ3v) is 0.627. The van der Waals surface area contributed by atoms with Crippen molar-refractivity contribution < 1.29 is 0 Å². The van der Waals surface area contributed by atoms with Crippen LogP contribution in [0.2, 0.25) is 0 Å². The van der Waals surface area contributed by atoms with Crippen molar-refractivity contribution in [2.24, 2.45) is 0 Å². The maximum Gasteiger partial charge on any atom is 0.127 e. The van der Waals surface area contributed by atoms with E-state index in [9.17, 15) is 0 Å². The zero-order valence-corrected chi connectivity index (χ0v) is 5.41. The van der Waals surface area contributed by atoms with Crippen molar-refractivity contribution in [3.8, 4) is 12.3 Å². The second kappa shape index (κ2) is 2.86. The molecule has 0 saturated carbocycles. The van der Waals surface area contributed by atoms with Crippen LogP contribution in [0.3, 0.4) is 0 Å². The van der Waals surface area contributed by atoms with Crippen LogP contribution in [0.1, 0.15) is 0 Å². The Morgan fingerprint density at radius 3 is 2.20 bits per heavy atom. The molecule has 1 unspecified atom stereocenters. The van der Waals surface area contributed by atoms with Gasteiger partial charge in [0.25, 0.3) is 0 Å². The third kappa shape index (κ3) is 4.64. The standard InChI is InChI=1S/C3H2IS/c1-2-3(4)5/h1,3H. The van der Waals surface area contributed by atoms with Crippen LogP contribution in [0.4, 0.5) is 0 Å². The minimum absolute atomic E-state index is 0.0346. The van der Waals surface area contributed by atoms with E-state index in [-0.39, 0.29) is 3.26 Å². The molecule has 0 rings (SSSR count). The second-order valence-electron chi connectivity index (χ2n) is 0.483. The summed E-state index contributed by atoms with van der Waals surface area (Å²) in [6, 6.07) is 0. The Kier molecular flexibility index (Phi) is 3.22. The lowest BCUT2D eigenvalue weighted by molar-refractivity contribution is 1.92. The molecular weight excluding hydrogens is 195 g/mol. The highest BCUT2D eigenvalue weighted by Crippen LogP contribution is 1.99. The summed E-state index contributed by atoms with van der Waals surface area (Å²) >= 11 is 6.52. The SMILES string of the molecule is C#CC([S])I.